The third-order valence-electron chi connectivity index (χ3n) is 7.57. The predicted octanol–water partition coefficient (Wildman–Crippen LogP) is -2.18. The molecule has 0 unspecified atom stereocenters. The Morgan fingerprint density at radius 3 is 2.61 bits per heavy atom. The van der Waals surface area contributed by atoms with Gasteiger partial charge >= 0.3 is 0 Å². The summed E-state index contributed by atoms with van der Waals surface area (Å²) in [6.45, 7) is 0.250. The van der Waals surface area contributed by atoms with Crippen LogP contribution in [0.1, 0.15) is 17.5 Å². The number of phenolic OH excluding ortho intramolecular Hbond substituents is 1. The fourth-order valence-electron chi connectivity index (χ4n) is 5.86. The molecule has 5 rings (SSSR count). The van der Waals surface area contributed by atoms with Gasteiger partial charge in [0.25, 0.3) is 0 Å². The molecular weight excluding hydrogens is 434 g/mol. The van der Waals surface area contributed by atoms with E-state index in [9.17, 15) is 15.0 Å². The quantitative estimate of drug-likeness (QED) is 0.187. The van der Waals surface area contributed by atoms with E-state index in [1.807, 2.05) is 12.1 Å². The number of carbonyl (C=O) groups excluding carboxylic acids is 1. The summed E-state index contributed by atoms with van der Waals surface area (Å²) in [6.07, 6.45) is -1.66. The molecule has 1 saturated heterocycles. The van der Waals surface area contributed by atoms with Crippen molar-refractivity contribution in [2.75, 3.05) is 20.2 Å². The summed E-state index contributed by atoms with van der Waals surface area (Å²) in [4.78, 5) is 12.3. The van der Waals surface area contributed by atoms with Gasteiger partial charge in [0.2, 0.25) is 0 Å². The number of hydrogen-bond acceptors (Lipinski definition) is 10. The molecule has 33 heavy (non-hydrogen) atoms. The lowest BCUT2D eigenvalue weighted by Crippen LogP contribution is -2.64. The van der Waals surface area contributed by atoms with Crippen LogP contribution in [0.15, 0.2) is 24.3 Å². The highest BCUT2D eigenvalue weighted by atomic mass is 16.5. The fraction of sp³-hybridized carbons (Fsp3) is 0.609. The first-order valence-corrected chi connectivity index (χ1v) is 11.0. The van der Waals surface area contributed by atoms with Gasteiger partial charge in [-0.05, 0) is 38.1 Å². The zero-order valence-corrected chi connectivity index (χ0v) is 18.2. The molecule has 2 aliphatic heterocycles. The molecule has 1 aromatic carbocycles. The van der Waals surface area contributed by atoms with Crippen molar-refractivity contribution in [1.82, 2.24) is 4.90 Å². The van der Waals surface area contributed by atoms with E-state index < -0.39 is 37.1 Å². The monoisotopic (exact) mass is 465 g/mol. The van der Waals surface area contributed by atoms with Gasteiger partial charge in [0, 0.05) is 22.9 Å². The fourth-order valence-corrected chi connectivity index (χ4v) is 5.86. The Kier molecular flexibility index (Phi) is 6.53. The Hall–Kier alpha value is -2.05. The number of ether oxygens (including phenoxy) is 1. The van der Waals surface area contributed by atoms with Crippen molar-refractivity contribution in [2.45, 2.75) is 60.9 Å². The van der Waals surface area contributed by atoms with E-state index in [0.717, 1.165) is 19.4 Å². The Balaban J connectivity index is 0.000000188. The van der Waals surface area contributed by atoms with E-state index >= 15 is 0 Å². The van der Waals surface area contributed by atoms with E-state index in [4.69, 9.17) is 30.3 Å². The van der Waals surface area contributed by atoms with Crippen molar-refractivity contribution in [3.8, 4) is 11.5 Å². The number of likely N-dealkylation sites (tertiary alicyclic amines) is 1. The standard InChI is InChI=1S/C17H19NO3.C6H12O6/c1-18-7-6-17-10-3-5-13(20)16(17)21-15-12(19)4-2-9(14(15)17)8-11(10)18;7-1-3(9)5(11)6(12)4(10)2-8/h2-5,10-11,13,16,19-20H,6-8H2,1H3;1,3-6,8-12H,2H2/t10-,11+,13-,16-,17-;3-,4+,5+,6+/m00/s1. The highest BCUT2D eigenvalue weighted by Crippen LogP contribution is 2.62. The average molecular weight is 465 g/mol. The minimum Gasteiger partial charge on any atom is -0.504 e. The number of phenols is 1. The van der Waals surface area contributed by atoms with Crippen LogP contribution >= 0.6 is 0 Å². The molecule has 2 heterocycles. The van der Waals surface area contributed by atoms with Crippen molar-refractivity contribution >= 4 is 6.29 Å². The number of benzene rings is 1. The number of piperidine rings is 1. The lowest BCUT2D eigenvalue weighted by Gasteiger charge is -2.56. The van der Waals surface area contributed by atoms with E-state index in [2.05, 4.69) is 18.0 Å². The van der Waals surface area contributed by atoms with Gasteiger partial charge in [-0.2, -0.15) is 0 Å². The summed E-state index contributed by atoms with van der Waals surface area (Å²) in [5.41, 5.74) is 2.29. The van der Waals surface area contributed by atoms with Crippen molar-refractivity contribution < 1.29 is 45.3 Å². The molecule has 0 amide bonds. The maximum atomic E-state index is 10.4. The highest BCUT2D eigenvalue weighted by Gasteiger charge is 2.64. The number of aliphatic hydroxyl groups excluding tert-OH is 6. The molecule has 2 aliphatic carbocycles. The van der Waals surface area contributed by atoms with Crippen LogP contribution < -0.4 is 4.74 Å². The van der Waals surface area contributed by atoms with Crippen LogP contribution in [0.5, 0.6) is 11.5 Å². The smallest absolute Gasteiger partial charge is 0.165 e. The molecule has 1 spiro atoms. The van der Waals surface area contributed by atoms with Crippen LogP contribution in [0.2, 0.25) is 0 Å². The molecule has 10 heteroatoms. The van der Waals surface area contributed by atoms with E-state index in [1.165, 1.54) is 11.1 Å². The molecule has 0 radical (unpaired) electrons. The number of carbonyl (C=O) groups is 1. The number of likely N-dealkylation sites (N-methyl/N-ethyl adjacent to an activating group) is 1. The highest BCUT2D eigenvalue weighted by molar-refractivity contribution is 5.61. The Morgan fingerprint density at radius 2 is 1.94 bits per heavy atom. The third-order valence-corrected chi connectivity index (χ3v) is 7.57. The van der Waals surface area contributed by atoms with Crippen molar-refractivity contribution in [2.24, 2.45) is 5.92 Å². The van der Waals surface area contributed by atoms with Crippen molar-refractivity contribution in [3.05, 3.63) is 35.4 Å². The maximum absolute atomic E-state index is 10.4. The summed E-state index contributed by atoms with van der Waals surface area (Å²) in [5.74, 6) is 1.19. The topological polar surface area (TPSA) is 171 Å². The molecule has 7 N–H and O–H groups in total. The van der Waals surface area contributed by atoms with Gasteiger partial charge in [-0.25, -0.2) is 0 Å². The Morgan fingerprint density at radius 1 is 1.21 bits per heavy atom. The molecule has 4 aliphatic rings. The number of hydrogen-bond donors (Lipinski definition) is 7. The average Bonchev–Trinajstić information content (AvgIpc) is 3.18. The SMILES string of the molecule is CN1CC[C@]23c4c5ccc(O)c4O[C@H]2[C@@H](O)C=C[C@H]3[C@H]1C5.O=C[C@H](O)[C@@H](O)[C@H](O)[C@H](O)CO. The molecule has 182 valence electrons. The Bertz CT molecular complexity index is 923. The predicted molar refractivity (Wildman–Crippen MR) is 115 cm³/mol. The number of rotatable bonds is 5. The first-order valence-electron chi connectivity index (χ1n) is 11.0. The normalized spacial score (nSPS) is 34.8. The van der Waals surface area contributed by atoms with Gasteiger partial charge < -0.3 is 50.2 Å². The van der Waals surface area contributed by atoms with E-state index in [-0.39, 0.29) is 23.6 Å². The van der Waals surface area contributed by atoms with Crippen LogP contribution in [-0.2, 0) is 16.6 Å². The first-order chi connectivity index (χ1) is 15.7. The number of aliphatic hydroxyl groups is 6. The van der Waals surface area contributed by atoms with Crippen molar-refractivity contribution in [3.63, 3.8) is 0 Å². The minimum absolute atomic E-state index is 0.0258. The van der Waals surface area contributed by atoms with Gasteiger partial charge in [-0.15, -0.1) is 0 Å². The maximum Gasteiger partial charge on any atom is 0.165 e. The van der Waals surface area contributed by atoms with Gasteiger partial charge in [0.05, 0.1) is 6.61 Å². The molecule has 0 saturated carbocycles. The van der Waals surface area contributed by atoms with Crippen LogP contribution in [0.3, 0.4) is 0 Å². The molecule has 9 atom stereocenters. The second-order valence-corrected chi connectivity index (χ2v) is 9.29. The number of aldehydes is 1. The second kappa shape index (κ2) is 8.95. The zero-order chi connectivity index (χ0) is 24.1. The van der Waals surface area contributed by atoms with Gasteiger partial charge in [-0.1, -0.05) is 18.2 Å². The lowest BCUT2D eigenvalue weighted by atomic mass is 9.53. The molecular formula is C23H31NO9. The number of aromatic hydroxyl groups is 1. The zero-order valence-electron chi connectivity index (χ0n) is 18.2. The lowest BCUT2D eigenvalue weighted by molar-refractivity contribution is -0.136. The molecule has 1 fully saturated rings. The Labute approximate surface area is 191 Å². The summed E-state index contributed by atoms with van der Waals surface area (Å²) in [6, 6.07) is 4.23. The van der Waals surface area contributed by atoms with Gasteiger partial charge in [0.1, 0.15) is 36.6 Å². The van der Waals surface area contributed by atoms with E-state index in [0.29, 0.717) is 17.7 Å². The minimum atomic E-state index is -1.79. The molecule has 2 bridgehead atoms. The first kappa shape index (κ1) is 24.1. The van der Waals surface area contributed by atoms with Crippen LogP contribution in [-0.4, -0.2) is 110 Å². The summed E-state index contributed by atoms with van der Waals surface area (Å²) < 4.78 is 6.09. The summed E-state index contributed by atoms with van der Waals surface area (Å²) in [7, 11) is 2.19. The molecule has 0 aromatic heterocycles. The van der Waals surface area contributed by atoms with Crippen LogP contribution in [0.4, 0.5) is 0 Å². The van der Waals surface area contributed by atoms with E-state index in [1.54, 1.807) is 6.07 Å². The van der Waals surface area contributed by atoms with Crippen LogP contribution in [0.25, 0.3) is 0 Å². The molecule has 1 aromatic rings. The summed E-state index contributed by atoms with van der Waals surface area (Å²) in [5, 5.41) is 64.2. The molecule has 10 nitrogen and oxygen atoms in total. The van der Waals surface area contributed by atoms with Gasteiger partial charge in [-0.3, -0.25) is 0 Å². The van der Waals surface area contributed by atoms with Gasteiger partial charge in [0.15, 0.2) is 17.8 Å². The number of nitrogens with zero attached hydrogens (tertiary/aromatic N) is 1. The second-order valence-electron chi connectivity index (χ2n) is 9.29. The third kappa shape index (κ3) is 3.66. The van der Waals surface area contributed by atoms with Crippen molar-refractivity contribution in [1.29, 1.82) is 0 Å². The van der Waals surface area contributed by atoms with Crippen LogP contribution in [0, 0.1) is 5.92 Å². The summed E-state index contributed by atoms with van der Waals surface area (Å²) >= 11 is 0. The largest absolute Gasteiger partial charge is 0.504 e.